The zero-order chi connectivity index (χ0) is 16.2. The quantitative estimate of drug-likeness (QED) is 0.691. The van der Waals surface area contributed by atoms with Crippen LogP contribution in [-0.2, 0) is 23.8 Å². The Morgan fingerprint density at radius 1 is 1.20 bits per heavy atom. The number of esters is 1. The van der Waals surface area contributed by atoms with Crippen LogP contribution in [0.25, 0.3) is 0 Å². The molecule has 2 atom stereocenters. The van der Waals surface area contributed by atoms with Crippen molar-refractivity contribution in [3.05, 3.63) is 0 Å². The van der Waals surface area contributed by atoms with Crippen LogP contribution < -0.4 is 0 Å². The largest absolute Gasteiger partial charge is 0.479 e. The van der Waals surface area contributed by atoms with Crippen LogP contribution in [0.15, 0.2) is 0 Å². The third-order valence-corrected chi connectivity index (χ3v) is 2.76. The van der Waals surface area contributed by atoms with E-state index in [-0.39, 0.29) is 5.97 Å². The number of ether oxygens (including phenoxy) is 3. The predicted octanol–water partition coefficient (Wildman–Crippen LogP) is 2.25. The van der Waals surface area contributed by atoms with Gasteiger partial charge in [0, 0.05) is 14.2 Å². The van der Waals surface area contributed by atoms with E-state index in [4.69, 9.17) is 19.3 Å². The fourth-order valence-electron chi connectivity index (χ4n) is 1.19. The van der Waals surface area contributed by atoms with Crippen molar-refractivity contribution in [2.45, 2.75) is 58.7 Å². The van der Waals surface area contributed by atoms with Crippen molar-refractivity contribution in [3.8, 4) is 0 Å². The highest BCUT2D eigenvalue weighted by molar-refractivity contribution is 5.76. The Balaban J connectivity index is 0. The van der Waals surface area contributed by atoms with Gasteiger partial charge in [0.05, 0.1) is 6.61 Å². The Morgan fingerprint density at radius 2 is 1.75 bits per heavy atom. The molecule has 0 rings (SSSR count). The molecule has 0 saturated carbocycles. The molecule has 0 radical (unpaired) electrons. The first kappa shape index (κ1) is 21.2. The Labute approximate surface area is 121 Å². The first-order chi connectivity index (χ1) is 9.28. The van der Waals surface area contributed by atoms with Crippen molar-refractivity contribution < 1.29 is 28.9 Å². The molecule has 2 unspecified atom stereocenters. The third-order valence-electron chi connectivity index (χ3n) is 2.76. The second kappa shape index (κ2) is 11.7. The SMILES string of the molecule is CCCC(C)(OC)C(=O)O.CCCOC(=O)C(C)OC. The summed E-state index contributed by atoms with van der Waals surface area (Å²) in [6.07, 6.45) is 1.78. The molecule has 6 nitrogen and oxygen atoms in total. The lowest BCUT2D eigenvalue weighted by Crippen LogP contribution is -2.36. The molecule has 0 spiro atoms. The van der Waals surface area contributed by atoms with Gasteiger partial charge in [0.1, 0.15) is 0 Å². The second-order valence-electron chi connectivity index (χ2n) is 4.54. The Kier molecular flexibility index (Phi) is 12.3. The van der Waals surface area contributed by atoms with Crippen molar-refractivity contribution in [2.75, 3.05) is 20.8 Å². The maximum Gasteiger partial charge on any atom is 0.335 e. The van der Waals surface area contributed by atoms with Crippen LogP contribution in [0.3, 0.4) is 0 Å². The van der Waals surface area contributed by atoms with E-state index in [0.29, 0.717) is 13.0 Å². The highest BCUT2D eigenvalue weighted by atomic mass is 16.6. The summed E-state index contributed by atoms with van der Waals surface area (Å²) in [5.74, 6) is -1.18. The number of carboxylic acids is 1. The number of carbonyl (C=O) groups excluding carboxylic acids is 1. The first-order valence-corrected chi connectivity index (χ1v) is 6.76. The van der Waals surface area contributed by atoms with E-state index in [1.807, 2.05) is 13.8 Å². The van der Waals surface area contributed by atoms with Crippen LogP contribution in [0, 0.1) is 0 Å². The van der Waals surface area contributed by atoms with Gasteiger partial charge in [-0.15, -0.1) is 0 Å². The molecule has 0 aliphatic heterocycles. The summed E-state index contributed by atoms with van der Waals surface area (Å²) in [6.45, 7) is 7.61. The molecule has 6 heteroatoms. The van der Waals surface area contributed by atoms with Crippen molar-refractivity contribution in [1.29, 1.82) is 0 Å². The summed E-state index contributed by atoms with van der Waals surface area (Å²) in [6, 6.07) is 0. The van der Waals surface area contributed by atoms with Gasteiger partial charge in [0.15, 0.2) is 11.7 Å². The topological polar surface area (TPSA) is 82.1 Å². The first-order valence-electron chi connectivity index (χ1n) is 6.76. The van der Waals surface area contributed by atoms with Gasteiger partial charge in [0.25, 0.3) is 0 Å². The van der Waals surface area contributed by atoms with Crippen LogP contribution >= 0.6 is 0 Å². The molecular formula is C14H28O6. The predicted molar refractivity (Wildman–Crippen MR) is 75.7 cm³/mol. The molecule has 0 aromatic heterocycles. The third kappa shape index (κ3) is 8.87. The normalized spacial score (nSPS) is 14.5. The molecule has 20 heavy (non-hydrogen) atoms. The molecule has 0 aromatic carbocycles. The van der Waals surface area contributed by atoms with Crippen molar-refractivity contribution >= 4 is 11.9 Å². The summed E-state index contributed by atoms with van der Waals surface area (Å²) in [5.41, 5.74) is -0.991. The number of aliphatic carboxylic acids is 1. The minimum Gasteiger partial charge on any atom is -0.479 e. The number of hydrogen-bond donors (Lipinski definition) is 1. The molecule has 120 valence electrons. The Morgan fingerprint density at radius 3 is 2.00 bits per heavy atom. The average Bonchev–Trinajstić information content (AvgIpc) is 2.44. The molecule has 0 aliphatic rings. The molecular weight excluding hydrogens is 264 g/mol. The summed E-state index contributed by atoms with van der Waals surface area (Å²) in [7, 11) is 2.90. The lowest BCUT2D eigenvalue weighted by molar-refractivity contribution is -0.160. The van der Waals surface area contributed by atoms with Gasteiger partial charge in [-0.2, -0.15) is 0 Å². The van der Waals surface area contributed by atoms with E-state index in [1.165, 1.54) is 14.2 Å². The van der Waals surface area contributed by atoms with Gasteiger partial charge < -0.3 is 19.3 Å². The summed E-state index contributed by atoms with van der Waals surface area (Å²) in [4.78, 5) is 21.3. The average molecular weight is 292 g/mol. The maximum absolute atomic E-state index is 10.8. The highest BCUT2D eigenvalue weighted by Gasteiger charge is 2.31. The number of carboxylic acid groups (broad SMARTS) is 1. The van der Waals surface area contributed by atoms with Gasteiger partial charge >= 0.3 is 11.9 Å². The van der Waals surface area contributed by atoms with Crippen LogP contribution in [0.2, 0.25) is 0 Å². The number of rotatable bonds is 8. The van der Waals surface area contributed by atoms with E-state index in [9.17, 15) is 9.59 Å². The Bertz CT molecular complexity index is 277. The van der Waals surface area contributed by atoms with E-state index < -0.39 is 17.7 Å². The van der Waals surface area contributed by atoms with E-state index in [2.05, 4.69) is 0 Å². The zero-order valence-corrected chi connectivity index (χ0v) is 13.4. The van der Waals surface area contributed by atoms with Crippen LogP contribution in [0.4, 0.5) is 0 Å². The molecule has 0 amide bonds. The van der Waals surface area contributed by atoms with Crippen molar-refractivity contribution in [3.63, 3.8) is 0 Å². The number of hydrogen-bond acceptors (Lipinski definition) is 5. The molecule has 0 saturated heterocycles. The summed E-state index contributed by atoms with van der Waals surface area (Å²) >= 11 is 0. The summed E-state index contributed by atoms with van der Waals surface area (Å²) < 4.78 is 14.4. The maximum atomic E-state index is 10.8. The molecule has 0 heterocycles. The monoisotopic (exact) mass is 292 g/mol. The molecule has 0 aromatic rings. The minimum atomic E-state index is -0.991. The lowest BCUT2D eigenvalue weighted by Gasteiger charge is -2.21. The van der Waals surface area contributed by atoms with Gasteiger partial charge in [-0.1, -0.05) is 20.3 Å². The molecule has 1 N–H and O–H groups in total. The second-order valence-corrected chi connectivity index (χ2v) is 4.54. The fourth-order valence-corrected chi connectivity index (χ4v) is 1.19. The minimum absolute atomic E-state index is 0.288. The Hall–Kier alpha value is -1.14. The fraction of sp³-hybridized carbons (Fsp3) is 0.857. The smallest absolute Gasteiger partial charge is 0.335 e. The zero-order valence-electron chi connectivity index (χ0n) is 13.4. The van der Waals surface area contributed by atoms with Gasteiger partial charge in [-0.05, 0) is 26.7 Å². The standard InChI is InChI=1S/2C7H14O3/c1-4-5-7(2,10-3)6(8)9;1-4-5-10-7(8)6(2)9-3/h4-5H2,1-3H3,(H,8,9);6H,4-5H2,1-3H3. The highest BCUT2D eigenvalue weighted by Crippen LogP contribution is 2.16. The van der Waals surface area contributed by atoms with Gasteiger partial charge in [0.2, 0.25) is 0 Å². The molecule has 0 aliphatic carbocycles. The van der Waals surface area contributed by atoms with Crippen LogP contribution in [0.5, 0.6) is 0 Å². The number of methoxy groups -OCH3 is 2. The molecule has 0 fully saturated rings. The van der Waals surface area contributed by atoms with E-state index >= 15 is 0 Å². The van der Waals surface area contributed by atoms with E-state index in [0.717, 1.165) is 12.8 Å². The van der Waals surface area contributed by atoms with Crippen LogP contribution in [0.1, 0.15) is 47.0 Å². The van der Waals surface area contributed by atoms with Gasteiger partial charge in [-0.3, -0.25) is 0 Å². The van der Waals surface area contributed by atoms with Crippen molar-refractivity contribution in [1.82, 2.24) is 0 Å². The molecule has 0 bridgehead atoms. The summed E-state index contributed by atoms with van der Waals surface area (Å²) in [5, 5.41) is 8.64. The van der Waals surface area contributed by atoms with Gasteiger partial charge in [-0.25, -0.2) is 9.59 Å². The number of carbonyl (C=O) groups is 2. The van der Waals surface area contributed by atoms with Crippen LogP contribution in [-0.4, -0.2) is 49.6 Å². The van der Waals surface area contributed by atoms with Crippen molar-refractivity contribution in [2.24, 2.45) is 0 Å². The van der Waals surface area contributed by atoms with E-state index in [1.54, 1.807) is 13.8 Å². The lowest BCUT2D eigenvalue weighted by atomic mass is 10.0.